The molecule has 0 aliphatic carbocycles. The fourth-order valence-corrected chi connectivity index (χ4v) is 1.08. The summed E-state index contributed by atoms with van der Waals surface area (Å²) in [6, 6.07) is 0. The van der Waals surface area contributed by atoms with Gasteiger partial charge in [-0.1, -0.05) is 6.58 Å². The SMILES string of the molecule is C=C1COS(=O)(=O)OC1. The fraction of sp³-hybridized carbons (Fsp3) is 0.500. The van der Waals surface area contributed by atoms with Gasteiger partial charge in [-0.3, -0.25) is 0 Å². The van der Waals surface area contributed by atoms with Gasteiger partial charge in [0.2, 0.25) is 0 Å². The van der Waals surface area contributed by atoms with Gasteiger partial charge < -0.3 is 0 Å². The molecule has 0 unspecified atom stereocenters. The largest absolute Gasteiger partial charge is 0.400 e. The van der Waals surface area contributed by atoms with Crippen molar-refractivity contribution in [3.63, 3.8) is 0 Å². The minimum absolute atomic E-state index is 0.0440. The molecule has 1 saturated heterocycles. The minimum Gasteiger partial charge on any atom is -0.244 e. The van der Waals surface area contributed by atoms with E-state index >= 15 is 0 Å². The molecule has 52 valence electrons. The average Bonchev–Trinajstić information content (AvgIpc) is 1.78. The Kier molecular flexibility index (Phi) is 1.56. The van der Waals surface area contributed by atoms with Crippen LogP contribution < -0.4 is 0 Å². The molecule has 0 saturated carbocycles. The van der Waals surface area contributed by atoms with Crippen molar-refractivity contribution in [3.05, 3.63) is 12.2 Å². The number of rotatable bonds is 0. The van der Waals surface area contributed by atoms with Crippen molar-refractivity contribution in [2.45, 2.75) is 0 Å². The van der Waals surface area contributed by atoms with Crippen molar-refractivity contribution < 1.29 is 16.8 Å². The van der Waals surface area contributed by atoms with Gasteiger partial charge in [0.05, 0.1) is 13.2 Å². The lowest BCUT2D eigenvalue weighted by molar-refractivity contribution is 0.199. The maximum atomic E-state index is 10.3. The van der Waals surface area contributed by atoms with Gasteiger partial charge in [0, 0.05) is 0 Å². The van der Waals surface area contributed by atoms with Gasteiger partial charge in [0.25, 0.3) is 0 Å². The fourth-order valence-electron chi connectivity index (χ4n) is 0.387. The van der Waals surface area contributed by atoms with E-state index in [9.17, 15) is 8.42 Å². The molecule has 0 radical (unpaired) electrons. The second kappa shape index (κ2) is 2.09. The predicted molar refractivity (Wildman–Crippen MR) is 30.0 cm³/mol. The van der Waals surface area contributed by atoms with Gasteiger partial charge in [-0.05, 0) is 5.57 Å². The molecule has 1 heterocycles. The second-order valence-electron chi connectivity index (χ2n) is 1.68. The van der Waals surface area contributed by atoms with Crippen LogP contribution in [-0.2, 0) is 18.8 Å². The Hall–Kier alpha value is -0.390. The zero-order chi connectivity index (χ0) is 6.91. The van der Waals surface area contributed by atoms with Crippen LogP contribution >= 0.6 is 0 Å². The van der Waals surface area contributed by atoms with E-state index in [-0.39, 0.29) is 13.2 Å². The van der Waals surface area contributed by atoms with E-state index < -0.39 is 10.4 Å². The summed E-state index contributed by atoms with van der Waals surface area (Å²) in [7, 11) is -3.68. The van der Waals surface area contributed by atoms with E-state index in [2.05, 4.69) is 14.9 Å². The number of hydrogen-bond donors (Lipinski definition) is 0. The first-order valence-electron chi connectivity index (χ1n) is 2.30. The van der Waals surface area contributed by atoms with Crippen molar-refractivity contribution in [2.75, 3.05) is 13.2 Å². The Labute approximate surface area is 53.4 Å². The van der Waals surface area contributed by atoms with Crippen LogP contribution in [0.25, 0.3) is 0 Å². The monoisotopic (exact) mass is 150 g/mol. The number of hydrogen-bond acceptors (Lipinski definition) is 4. The third-order valence-corrected chi connectivity index (χ3v) is 1.63. The Morgan fingerprint density at radius 3 is 2.11 bits per heavy atom. The molecule has 4 nitrogen and oxygen atoms in total. The van der Waals surface area contributed by atoms with Crippen LogP contribution in [0.5, 0.6) is 0 Å². The minimum atomic E-state index is -3.68. The molecule has 1 aliphatic rings. The third-order valence-electron chi connectivity index (χ3n) is 0.815. The van der Waals surface area contributed by atoms with Gasteiger partial charge >= 0.3 is 10.4 Å². The van der Waals surface area contributed by atoms with E-state index in [1.165, 1.54) is 0 Å². The molecule has 1 fully saturated rings. The van der Waals surface area contributed by atoms with E-state index in [4.69, 9.17) is 0 Å². The van der Waals surface area contributed by atoms with Gasteiger partial charge in [-0.25, -0.2) is 8.37 Å². The standard InChI is InChI=1S/C4H6O4S/c1-4-2-7-9(5,6)8-3-4/h1-3H2. The molecule has 0 aromatic rings. The summed E-state index contributed by atoms with van der Waals surface area (Å²) in [4.78, 5) is 0. The van der Waals surface area contributed by atoms with Crippen LogP contribution in [0.2, 0.25) is 0 Å². The average molecular weight is 150 g/mol. The topological polar surface area (TPSA) is 52.6 Å². The second-order valence-corrected chi connectivity index (χ2v) is 2.97. The van der Waals surface area contributed by atoms with Crippen LogP contribution in [-0.4, -0.2) is 21.6 Å². The van der Waals surface area contributed by atoms with Gasteiger partial charge in [-0.15, -0.1) is 0 Å². The molecule has 0 N–H and O–H groups in total. The molecule has 1 aliphatic heterocycles. The van der Waals surface area contributed by atoms with Gasteiger partial charge in [-0.2, -0.15) is 8.42 Å². The maximum Gasteiger partial charge on any atom is 0.400 e. The first-order valence-corrected chi connectivity index (χ1v) is 3.64. The first kappa shape index (κ1) is 6.73. The van der Waals surface area contributed by atoms with E-state index in [1.807, 2.05) is 0 Å². The molecule has 0 bridgehead atoms. The maximum absolute atomic E-state index is 10.3. The molecule has 0 aromatic carbocycles. The van der Waals surface area contributed by atoms with E-state index in [0.717, 1.165) is 0 Å². The Morgan fingerprint density at radius 2 is 1.78 bits per heavy atom. The Morgan fingerprint density at radius 1 is 1.33 bits per heavy atom. The highest BCUT2D eigenvalue weighted by atomic mass is 32.3. The molecular formula is C4H6O4S. The smallest absolute Gasteiger partial charge is 0.244 e. The molecule has 0 atom stereocenters. The summed E-state index contributed by atoms with van der Waals surface area (Å²) in [5.74, 6) is 0. The first-order chi connectivity index (χ1) is 4.10. The molecule has 9 heavy (non-hydrogen) atoms. The highest BCUT2D eigenvalue weighted by molar-refractivity contribution is 7.81. The highest BCUT2D eigenvalue weighted by Crippen LogP contribution is 2.08. The molecule has 0 aromatic heterocycles. The Balaban J connectivity index is 2.65. The van der Waals surface area contributed by atoms with Crippen molar-refractivity contribution in [3.8, 4) is 0 Å². The molecule has 1 rings (SSSR count). The van der Waals surface area contributed by atoms with Gasteiger partial charge in [0.15, 0.2) is 0 Å². The summed E-state index contributed by atoms with van der Waals surface area (Å²) >= 11 is 0. The van der Waals surface area contributed by atoms with Crippen molar-refractivity contribution in [1.29, 1.82) is 0 Å². The molecule has 5 heteroatoms. The molecule has 0 amide bonds. The third kappa shape index (κ3) is 1.78. The van der Waals surface area contributed by atoms with Gasteiger partial charge in [0.1, 0.15) is 0 Å². The van der Waals surface area contributed by atoms with Crippen LogP contribution in [0, 0.1) is 0 Å². The predicted octanol–water partition coefficient (Wildman–Crippen LogP) is -0.166. The lowest BCUT2D eigenvalue weighted by Crippen LogP contribution is -2.20. The van der Waals surface area contributed by atoms with Crippen molar-refractivity contribution in [2.24, 2.45) is 0 Å². The highest BCUT2D eigenvalue weighted by Gasteiger charge is 2.18. The van der Waals surface area contributed by atoms with Crippen LogP contribution in [0.15, 0.2) is 12.2 Å². The molecular weight excluding hydrogens is 144 g/mol. The lowest BCUT2D eigenvalue weighted by atomic mass is 10.4. The zero-order valence-electron chi connectivity index (χ0n) is 4.66. The zero-order valence-corrected chi connectivity index (χ0v) is 5.48. The Bertz CT molecular complexity index is 199. The van der Waals surface area contributed by atoms with Crippen LogP contribution in [0.4, 0.5) is 0 Å². The summed E-state index contributed by atoms with van der Waals surface area (Å²) in [5.41, 5.74) is 0.629. The van der Waals surface area contributed by atoms with Crippen molar-refractivity contribution in [1.82, 2.24) is 0 Å². The van der Waals surface area contributed by atoms with Crippen LogP contribution in [0.3, 0.4) is 0 Å². The lowest BCUT2D eigenvalue weighted by Gasteiger charge is -2.12. The van der Waals surface area contributed by atoms with E-state index in [0.29, 0.717) is 5.57 Å². The summed E-state index contributed by atoms with van der Waals surface area (Å²) in [6.07, 6.45) is 0. The van der Waals surface area contributed by atoms with Crippen molar-refractivity contribution >= 4 is 10.4 Å². The summed E-state index contributed by atoms with van der Waals surface area (Å²) < 4.78 is 29.1. The molecule has 0 spiro atoms. The summed E-state index contributed by atoms with van der Waals surface area (Å²) in [6.45, 7) is 3.55. The van der Waals surface area contributed by atoms with Crippen LogP contribution in [0.1, 0.15) is 0 Å². The quantitative estimate of drug-likeness (QED) is 0.450. The summed E-state index contributed by atoms with van der Waals surface area (Å²) in [5, 5.41) is 0. The normalized spacial score (nSPS) is 26.0. The van der Waals surface area contributed by atoms with E-state index in [1.54, 1.807) is 0 Å².